The normalized spacial score (nSPS) is 11.7. The lowest BCUT2D eigenvalue weighted by atomic mass is 9.96. The molecule has 0 saturated heterocycles. The van der Waals surface area contributed by atoms with E-state index in [0.717, 1.165) is 5.56 Å². The van der Waals surface area contributed by atoms with Gasteiger partial charge in [-0.15, -0.1) is 10.2 Å². The quantitative estimate of drug-likeness (QED) is 0.661. The van der Waals surface area contributed by atoms with Crippen LogP contribution in [0.5, 0.6) is 11.5 Å². The molecular formula is C18H18FN5O3. The monoisotopic (exact) mass is 371 g/mol. The number of nitrogens with zero attached hydrogens (tertiary/aromatic N) is 3. The summed E-state index contributed by atoms with van der Waals surface area (Å²) in [5.41, 5.74) is 0.795. The van der Waals surface area contributed by atoms with E-state index in [9.17, 15) is 9.18 Å². The van der Waals surface area contributed by atoms with Gasteiger partial charge in [0.2, 0.25) is 5.91 Å². The highest BCUT2D eigenvalue weighted by atomic mass is 19.1. The van der Waals surface area contributed by atoms with E-state index in [-0.39, 0.29) is 17.9 Å². The molecule has 0 fully saturated rings. The average Bonchev–Trinajstić information content (AvgIpc) is 3.22. The van der Waals surface area contributed by atoms with E-state index in [1.165, 1.54) is 19.2 Å². The molecule has 2 aromatic carbocycles. The van der Waals surface area contributed by atoms with Gasteiger partial charge in [0, 0.05) is 0 Å². The SMILES string of the molecule is COc1ccc(OC)c(CC(C(=O)Nc2ccccc2F)c2nn[nH]n2)c1. The molecule has 0 spiro atoms. The lowest BCUT2D eigenvalue weighted by Crippen LogP contribution is -2.25. The molecular weight excluding hydrogens is 353 g/mol. The fourth-order valence-corrected chi connectivity index (χ4v) is 2.66. The van der Waals surface area contributed by atoms with Gasteiger partial charge in [0.15, 0.2) is 5.82 Å². The van der Waals surface area contributed by atoms with E-state index < -0.39 is 17.6 Å². The first-order valence-electron chi connectivity index (χ1n) is 8.12. The van der Waals surface area contributed by atoms with Gasteiger partial charge in [0.1, 0.15) is 23.2 Å². The van der Waals surface area contributed by atoms with E-state index in [1.54, 1.807) is 37.4 Å². The van der Waals surface area contributed by atoms with Crippen LogP contribution in [0, 0.1) is 5.82 Å². The van der Waals surface area contributed by atoms with E-state index in [2.05, 4.69) is 25.9 Å². The number of carbonyl (C=O) groups is 1. The fraction of sp³-hybridized carbons (Fsp3) is 0.222. The van der Waals surface area contributed by atoms with Gasteiger partial charge < -0.3 is 14.8 Å². The third-order valence-electron chi connectivity index (χ3n) is 4.03. The molecule has 1 amide bonds. The van der Waals surface area contributed by atoms with Crippen LogP contribution in [0.2, 0.25) is 0 Å². The van der Waals surface area contributed by atoms with Crippen LogP contribution in [-0.2, 0) is 11.2 Å². The zero-order valence-electron chi connectivity index (χ0n) is 14.8. The van der Waals surface area contributed by atoms with Gasteiger partial charge in [-0.1, -0.05) is 17.3 Å². The highest BCUT2D eigenvalue weighted by Crippen LogP contribution is 2.29. The molecule has 3 rings (SSSR count). The molecule has 1 aromatic heterocycles. The average molecular weight is 371 g/mol. The Kier molecular flexibility index (Phi) is 5.60. The molecule has 0 aliphatic heterocycles. The van der Waals surface area contributed by atoms with Crippen molar-refractivity contribution in [1.82, 2.24) is 20.6 Å². The number of carbonyl (C=O) groups excluding carboxylic acids is 1. The van der Waals surface area contributed by atoms with Gasteiger partial charge in [-0.25, -0.2) is 4.39 Å². The lowest BCUT2D eigenvalue weighted by molar-refractivity contribution is -0.117. The minimum atomic E-state index is -0.815. The largest absolute Gasteiger partial charge is 0.497 e. The number of methoxy groups -OCH3 is 2. The van der Waals surface area contributed by atoms with Gasteiger partial charge in [0.25, 0.3) is 0 Å². The molecule has 1 heterocycles. The molecule has 8 nitrogen and oxygen atoms in total. The van der Waals surface area contributed by atoms with E-state index in [4.69, 9.17) is 9.47 Å². The van der Waals surface area contributed by atoms with Crippen molar-refractivity contribution >= 4 is 11.6 Å². The summed E-state index contributed by atoms with van der Waals surface area (Å²) in [7, 11) is 3.08. The number of halogens is 1. The standard InChI is InChI=1S/C18H18FN5O3/c1-26-12-7-8-16(27-2)11(9-12)10-13(17-21-23-24-22-17)18(25)20-15-6-4-3-5-14(15)19/h3-9,13H,10H2,1-2H3,(H,20,25)(H,21,22,23,24). The number of hydrogen-bond donors (Lipinski definition) is 2. The predicted octanol–water partition coefficient (Wildman–Crippen LogP) is 2.32. The Morgan fingerprint density at radius 1 is 1.22 bits per heavy atom. The van der Waals surface area contributed by atoms with E-state index in [1.807, 2.05) is 0 Å². The number of aromatic nitrogens is 4. The Balaban J connectivity index is 1.91. The van der Waals surface area contributed by atoms with Gasteiger partial charge in [-0.3, -0.25) is 4.79 Å². The Labute approximate surface area is 154 Å². The number of rotatable bonds is 7. The van der Waals surface area contributed by atoms with Crippen molar-refractivity contribution in [2.75, 3.05) is 19.5 Å². The molecule has 9 heteroatoms. The number of amides is 1. The Hall–Kier alpha value is -3.49. The minimum Gasteiger partial charge on any atom is -0.497 e. The van der Waals surface area contributed by atoms with Gasteiger partial charge in [0.05, 0.1) is 19.9 Å². The zero-order valence-corrected chi connectivity index (χ0v) is 14.8. The van der Waals surface area contributed by atoms with Crippen LogP contribution in [0.25, 0.3) is 0 Å². The number of nitrogens with one attached hydrogen (secondary N) is 2. The van der Waals surface area contributed by atoms with Crippen molar-refractivity contribution in [2.24, 2.45) is 0 Å². The smallest absolute Gasteiger partial charge is 0.235 e. The van der Waals surface area contributed by atoms with Gasteiger partial charge in [-0.05, 0) is 42.3 Å². The third-order valence-corrected chi connectivity index (χ3v) is 4.03. The third kappa shape index (κ3) is 4.20. The topological polar surface area (TPSA) is 102 Å². The molecule has 3 aromatic rings. The number of tetrazole rings is 1. The van der Waals surface area contributed by atoms with Crippen LogP contribution >= 0.6 is 0 Å². The summed E-state index contributed by atoms with van der Waals surface area (Å²) in [5, 5.41) is 16.3. The maximum absolute atomic E-state index is 13.9. The van der Waals surface area contributed by atoms with Gasteiger partial charge >= 0.3 is 0 Å². The van der Waals surface area contributed by atoms with Crippen LogP contribution in [-0.4, -0.2) is 40.8 Å². The summed E-state index contributed by atoms with van der Waals surface area (Å²) in [6, 6.07) is 11.2. The van der Waals surface area contributed by atoms with Crippen molar-refractivity contribution in [2.45, 2.75) is 12.3 Å². The highest BCUT2D eigenvalue weighted by molar-refractivity contribution is 5.95. The van der Waals surface area contributed by atoms with E-state index in [0.29, 0.717) is 11.5 Å². The van der Waals surface area contributed by atoms with Crippen molar-refractivity contribution in [3.05, 3.63) is 59.7 Å². The summed E-state index contributed by atoms with van der Waals surface area (Å²) in [6.07, 6.45) is 0.209. The first kappa shape index (κ1) is 18.3. The molecule has 140 valence electrons. The number of ether oxygens (including phenoxy) is 2. The summed E-state index contributed by atoms with van der Waals surface area (Å²) in [6.45, 7) is 0. The van der Waals surface area contributed by atoms with E-state index >= 15 is 0 Å². The molecule has 2 N–H and O–H groups in total. The maximum atomic E-state index is 13.9. The Morgan fingerprint density at radius 3 is 2.70 bits per heavy atom. The molecule has 0 aliphatic rings. The molecule has 0 saturated carbocycles. The predicted molar refractivity (Wildman–Crippen MR) is 95.2 cm³/mol. The second-order valence-electron chi connectivity index (χ2n) is 5.67. The number of para-hydroxylation sites is 1. The second-order valence-corrected chi connectivity index (χ2v) is 5.67. The highest BCUT2D eigenvalue weighted by Gasteiger charge is 2.27. The molecule has 0 bridgehead atoms. The van der Waals surface area contributed by atoms with Crippen LogP contribution in [0.3, 0.4) is 0 Å². The Morgan fingerprint density at radius 2 is 2.04 bits per heavy atom. The number of benzene rings is 2. The molecule has 1 unspecified atom stereocenters. The summed E-state index contributed by atoms with van der Waals surface area (Å²) >= 11 is 0. The van der Waals surface area contributed by atoms with Crippen molar-refractivity contribution in [3.63, 3.8) is 0 Å². The van der Waals surface area contributed by atoms with Crippen molar-refractivity contribution < 1.29 is 18.7 Å². The van der Waals surface area contributed by atoms with Crippen molar-refractivity contribution in [3.8, 4) is 11.5 Å². The zero-order chi connectivity index (χ0) is 19.2. The first-order valence-corrected chi connectivity index (χ1v) is 8.12. The minimum absolute atomic E-state index is 0.0774. The number of aromatic amines is 1. The lowest BCUT2D eigenvalue weighted by Gasteiger charge is -2.16. The van der Waals surface area contributed by atoms with Crippen LogP contribution < -0.4 is 14.8 Å². The summed E-state index contributed by atoms with van der Waals surface area (Å²) in [5.74, 6) is -0.420. The first-order chi connectivity index (χ1) is 13.1. The van der Waals surface area contributed by atoms with Gasteiger partial charge in [-0.2, -0.15) is 5.21 Å². The fourth-order valence-electron chi connectivity index (χ4n) is 2.66. The molecule has 27 heavy (non-hydrogen) atoms. The van der Waals surface area contributed by atoms with Crippen molar-refractivity contribution in [1.29, 1.82) is 0 Å². The molecule has 1 atom stereocenters. The number of hydrogen-bond acceptors (Lipinski definition) is 6. The summed E-state index contributed by atoms with van der Waals surface area (Å²) in [4.78, 5) is 12.9. The number of anilines is 1. The maximum Gasteiger partial charge on any atom is 0.235 e. The molecule has 0 radical (unpaired) electrons. The number of H-pyrrole nitrogens is 1. The van der Waals surface area contributed by atoms with Crippen LogP contribution in [0.15, 0.2) is 42.5 Å². The molecule has 0 aliphatic carbocycles. The Bertz CT molecular complexity index is 917. The van der Waals surface area contributed by atoms with Crippen LogP contribution in [0.1, 0.15) is 17.3 Å². The second kappa shape index (κ2) is 8.26. The summed E-state index contributed by atoms with van der Waals surface area (Å²) < 4.78 is 24.5. The van der Waals surface area contributed by atoms with Crippen LogP contribution in [0.4, 0.5) is 10.1 Å².